The predicted octanol–water partition coefficient (Wildman–Crippen LogP) is 2.64. The van der Waals surface area contributed by atoms with E-state index in [9.17, 15) is 0 Å². The van der Waals surface area contributed by atoms with Crippen LogP contribution in [-0.4, -0.2) is 18.6 Å². The Morgan fingerprint density at radius 3 is 2.81 bits per heavy atom. The lowest BCUT2D eigenvalue weighted by Gasteiger charge is -2.03. The van der Waals surface area contributed by atoms with E-state index in [2.05, 4.69) is 4.98 Å². The van der Waals surface area contributed by atoms with Crippen LogP contribution in [-0.2, 0) is 6.42 Å². The van der Waals surface area contributed by atoms with Crippen molar-refractivity contribution in [2.24, 2.45) is 5.73 Å². The Kier molecular flexibility index (Phi) is 3.08. The summed E-state index contributed by atoms with van der Waals surface area (Å²) in [6.45, 7) is 2.66. The molecule has 0 aliphatic carbocycles. The van der Waals surface area contributed by atoms with E-state index in [1.807, 2.05) is 19.1 Å². The van der Waals surface area contributed by atoms with Gasteiger partial charge in [0, 0.05) is 17.1 Å². The fourth-order valence-corrected chi connectivity index (χ4v) is 2.25. The second-order valence-corrected chi connectivity index (χ2v) is 4.21. The second-order valence-electron chi connectivity index (χ2n) is 3.80. The maximum atomic E-state index is 6.18. The van der Waals surface area contributed by atoms with E-state index in [0.717, 1.165) is 28.8 Å². The first kappa shape index (κ1) is 11.3. The van der Waals surface area contributed by atoms with Crippen LogP contribution < -0.4 is 10.5 Å². The molecule has 0 spiro atoms. The van der Waals surface area contributed by atoms with Crippen molar-refractivity contribution in [2.45, 2.75) is 13.3 Å². The number of aromatic amines is 1. The number of aromatic nitrogens is 1. The van der Waals surface area contributed by atoms with Gasteiger partial charge < -0.3 is 15.5 Å². The molecule has 16 heavy (non-hydrogen) atoms. The minimum absolute atomic E-state index is 0.628. The minimum atomic E-state index is 0.628. The van der Waals surface area contributed by atoms with Crippen molar-refractivity contribution >= 4 is 22.5 Å². The Morgan fingerprint density at radius 2 is 2.19 bits per heavy atom. The third-order valence-electron chi connectivity index (χ3n) is 2.78. The van der Waals surface area contributed by atoms with Gasteiger partial charge in [0.2, 0.25) is 0 Å². The molecule has 1 aromatic heterocycles. The number of aryl methyl sites for hydroxylation is 1. The summed E-state index contributed by atoms with van der Waals surface area (Å²) in [6.07, 6.45) is 0.843. The molecule has 0 bridgehead atoms. The Bertz CT molecular complexity index is 519. The highest BCUT2D eigenvalue weighted by Gasteiger charge is 2.11. The Morgan fingerprint density at radius 1 is 1.44 bits per heavy atom. The maximum Gasteiger partial charge on any atom is 0.121 e. The summed E-state index contributed by atoms with van der Waals surface area (Å²) in [4.78, 5) is 3.29. The van der Waals surface area contributed by atoms with Crippen molar-refractivity contribution in [2.75, 3.05) is 13.7 Å². The molecule has 2 aromatic rings. The van der Waals surface area contributed by atoms with Crippen LogP contribution in [0, 0.1) is 6.92 Å². The smallest absolute Gasteiger partial charge is 0.121 e. The van der Waals surface area contributed by atoms with Gasteiger partial charge in [-0.15, -0.1) is 0 Å². The fourth-order valence-electron chi connectivity index (χ4n) is 2.00. The highest BCUT2D eigenvalue weighted by atomic mass is 35.5. The molecule has 0 saturated heterocycles. The van der Waals surface area contributed by atoms with Gasteiger partial charge in [0.05, 0.1) is 17.6 Å². The molecule has 2 rings (SSSR count). The maximum absolute atomic E-state index is 6.18. The van der Waals surface area contributed by atoms with E-state index in [1.165, 1.54) is 5.56 Å². The summed E-state index contributed by atoms with van der Waals surface area (Å²) in [7, 11) is 1.64. The molecule has 1 heterocycles. The molecule has 0 unspecified atom stereocenters. The molecule has 0 radical (unpaired) electrons. The van der Waals surface area contributed by atoms with E-state index in [1.54, 1.807) is 7.11 Å². The molecule has 4 heteroatoms. The van der Waals surface area contributed by atoms with Crippen LogP contribution in [0.5, 0.6) is 5.75 Å². The van der Waals surface area contributed by atoms with Crippen LogP contribution >= 0.6 is 11.6 Å². The van der Waals surface area contributed by atoms with Gasteiger partial charge in [0.15, 0.2) is 0 Å². The zero-order chi connectivity index (χ0) is 11.7. The number of hydrogen-bond donors (Lipinski definition) is 2. The van der Waals surface area contributed by atoms with Gasteiger partial charge in [0.1, 0.15) is 5.75 Å². The fraction of sp³-hybridized carbons (Fsp3) is 0.333. The van der Waals surface area contributed by atoms with Gasteiger partial charge in [-0.25, -0.2) is 0 Å². The number of benzene rings is 1. The number of fused-ring (bicyclic) bond motifs is 1. The predicted molar refractivity (Wildman–Crippen MR) is 67.4 cm³/mol. The molecule has 0 aliphatic heterocycles. The Labute approximate surface area is 99.5 Å². The first-order chi connectivity index (χ1) is 7.67. The lowest BCUT2D eigenvalue weighted by Crippen LogP contribution is -2.03. The SMILES string of the molecule is COc1cc(Cl)c2[nH]c(C)c(CCN)c2c1. The quantitative estimate of drug-likeness (QED) is 0.864. The summed E-state index contributed by atoms with van der Waals surface area (Å²) >= 11 is 6.18. The molecule has 0 amide bonds. The van der Waals surface area contributed by atoms with Crippen LogP contribution in [0.3, 0.4) is 0 Å². The van der Waals surface area contributed by atoms with E-state index in [-0.39, 0.29) is 0 Å². The highest BCUT2D eigenvalue weighted by Crippen LogP contribution is 2.32. The summed E-state index contributed by atoms with van der Waals surface area (Å²) in [5.41, 5.74) is 8.91. The number of hydrogen-bond acceptors (Lipinski definition) is 2. The normalized spacial score (nSPS) is 11.0. The molecule has 3 nitrogen and oxygen atoms in total. The van der Waals surface area contributed by atoms with Gasteiger partial charge in [0.25, 0.3) is 0 Å². The zero-order valence-corrected chi connectivity index (χ0v) is 10.2. The van der Waals surface area contributed by atoms with Gasteiger partial charge in [-0.05, 0) is 31.5 Å². The number of methoxy groups -OCH3 is 1. The minimum Gasteiger partial charge on any atom is -0.497 e. The van der Waals surface area contributed by atoms with Crippen molar-refractivity contribution in [3.8, 4) is 5.75 Å². The van der Waals surface area contributed by atoms with Gasteiger partial charge in [-0.1, -0.05) is 11.6 Å². The van der Waals surface area contributed by atoms with Gasteiger partial charge in [-0.3, -0.25) is 0 Å². The topological polar surface area (TPSA) is 51.0 Å². The summed E-state index contributed by atoms with van der Waals surface area (Å²) < 4.78 is 5.22. The number of H-pyrrole nitrogens is 1. The molecule has 0 aliphatic rings. The average molecular weight is 239 g/mol. The zero-order valence-electron chi connectivity index (χ0n) is 9.43. The highest BCUT2D eigenvalue weighted by molar-refractivity contribution is 6.35. The van der Waals surface area contributed by atoms with Crippen molar-refractivity contribution in [1.82, 2.24) is 4.98 Å². The van der Waals surface area contributed by atoms with Crippen molar-refractivity contribution in [1.29, 1.82) is 0 Å². The number of rotatable bonds is 3. The van der Waals surface area contributed by atoms with Crippen LogP contribution in [0.25, 0.3) is 10.9 Å². The van der Waals surface area contributed by atoms with E-state index in [0.29, 0.717) is 11.6 Å². The van der Waals surface area contributed by atoms with Crippen molar-refractivity contribution < 1.29 is 4.74 Å². The summed E-state index contributed by atoms with van der Waals surface area (Å²) in [5.74, 6) is 0.773. The molecule has 3 N–H and O–H groups in total. The van der Waals surface area contributed by atoms with Crippen LogP contribution in [0.4, 0.5) is 0 Å². The summed E-state index contributed by atoms with van der Waals surface area (Å²) in [5, 5.41) is 1.79. The monoisotopic (exact) mass is 238 g/mol. The van der Waals surface area contributed by atoms with Crippen molar-refractivity contribution in [3.63, 3.8) is 0 Å². The largest absolute Gasteiger partial charge is 0.497 e. The molecule has 86 valence electrons. The third kappa shape index (κ3) is 1.77. The Hall–Kier alpha value is -1.19. The third-order valence-corrected chi connectivity index (χ3v) is 3.08. The van der Waals surface area contributed by atoms with Crippen LogP contribution in [0.1, 0.15) is 11.3 Å². The Balaban J connectivity index is 2.70. The number of ether oxygens (including phenoxy) is 1. The van der Waals surface area contributed by atoms with E-state index < -0.39 is 0 Å². The molecular weight excluding hydrogens is 224 g/mol. The first-order valence-electron chi connectivity index (χ1n) is 5.22. The van der Waals surface area contributed by atoms with Crippen LogP contribution in [0.2, 0.25) is 5.02 Å². The molecule has 0 fully saturated rings. The van der Waals surface area contributed by atoms with Crippen LogP contribution in [0.15, 0.2) is 12.1 Å². The standard InChI is InChI=1S/C12H15ClN2O/c1-7-9(3-4-14)10-5-8(16-2)6-11(13)12(10)15-7/h5-6,15H,3-4,14H2,1-2H3. The van der Waals surface area contributed by atoms with E-state index in [4.69, 9.17) is 22.1 Å². The number of nitrogens with two attached hydrogens (primary N) is 1. The lowest BCUT2D eigenvalue weighted by atomic mass is 10.1. The van der Waals surface area contributed by atoms with Gasteiger partial charge in [-0.2, -0.15) is 0 Å². The molecule has 0 saturated carbocycles. The molecule has 0 atom stereocenters. The number of nitrogens with one attached hydrogen (secondary N) is 1. The molecule has 1 aromatic carbocycles. The van der Waals surface area contributed by atoms with E-state index >= 15 is 0 Å². The average Bonchev–Trinajstić information content (AvgIpc) is 2.58. The van der Waals surface area contributed by atoms with Crippen molar-refractivity contribution in [3.05, 3.63) is 28.4 Å². The summed E-state index contributed by atoms with van der Waals surface area (Å²) in [6, 6.07) is 3.81. The lowest BCUT2D eigenvalue weighted by molar-refractivity contribution is 0.415. The first-order valence-corrected chi connectivity index (χ1v) is 5.60. The van der Waals surface area contributed by atoms with Gasteiger partial charge >= 0.3 is 0 Å². The second kappa shape index (κ2) is 4.36. The molecular formula is C12H15ClN2O. The number of halogens is 1.